The first-order valence-electron chi connectivity index (χ1n) is 6.60. The van der Waals surface area contributed by atoms with Crippen molar-refractivity contribution in [1.29, 1.82) is 0 Å². The number of hydrogen-bond acceptors (Lipinski definition) is 3. The molecular formula is C14H17Cl2IN4. The van der Waals surface area contributed by atoms with Gasteiger partial charge in [0.15, 0.2) is 0 Å². The predicted molar refractivity (Wildman–Crippen MR) is 95.6 cm³/mol. The van der Waals surface area contributed by atoms with E-state index >= 15 is 0 Å². The van der Waals surface area contributed by atoms with Crippen LogP contribution in [0.25, 0.3) is 0 Å². The lowest BCUT2D eigenvalue weighted by Crippen LogP contribution is -2.31. The summed E-state index contributed by atoms with van der Waals surface area (Å²) >= 11 is 14.8. The summed E-state index contributed by atoms with van der Waals surface area (Å²) in [6, 6.07) is 5.70. The SMILES string of the molecule is CCn1nc(C)c(Cl)c1CC(NN)c1cc(Cl)ccc1I. The van der Waals surface area contributed by atoms with Gasteiger partial charge in [0.25, 0.3) is 0 Å². The zero-order valence-electron chi connectivity index (χ0n) is 11.8. The molecule has 1 unspecified atom stereocenters. The van der Waals surface area contributed by atoms with Crippen LogP contribution < -0.4 is 11.3 Å². The van der Waals surface area contributed by atoms with Crippen LogP contribution in [-0.4, -0.2) is 9.78 Å². The molecule has 21 heavy (non-hydrogen) atoms. The number of hydrogen-bond donors (Lipinski definition) is 2. The van der Waals surface area contributed by atoms with Crippen molar-refractivity contribution in [3.05, 3.63) is 48.8 Å². The first-order chi connectivity index (χ1) is 9.97. The highest BCUT2D eigenvalue weighted by molar-refractivity contribution is 14.1. The van der Waals surface area contributed by atoms with Crippen LogP contribution in [0, 0.1) is 10.5 Å². The Labute approximate surface area is 148 Å². The molecule has 0 fully saturated rings. The number of halogens is 3. The van der Waals surface area contributed by atoms with Gasteiger partial charge in [0.1, 0.15) is 0 Å². The third-order valence-corrected chi connectivity index (χ3v) is 5.09. The molecular weight excluding hydrogens is 422 g/mol. The van der Waals surface area contributed by atoms with Crippen LogP contribution in [0.15, 0.2) is 18.2 Å². The maximum absolute atomic E-state index is 6.37. The van der Waals surface area contributed by atoms with Crippen molar-refractivity contribution < 1.29 is 0 Å². The molecule has 1 atom stereocenters. The van der Waals surface area contributed by atoms with E-state index in [2.05, 4.69) is 33.1 Å². The van der Waals surface area contributed by atoms with E-state index in [0.29, 0.717) is 16.5 Å². The fourth-order valence-electron chi connectivity index (χ4n) is 2.30. The minimum atomic E-state index is -0.0745. The molecule has 1 aromatic heterocycles. The Morgan fingerprint density at radius 3 is 2.76 bits per heavy atom. The largest absolute Gasteiger partial charge is 0.271 e. The molecule has 0 spiro atoms. The summed E-state index contributed by atoms with van der Waals surface area (Å²) in [4.78, 5) is 0. The average Bonchev–Trinajstić information content (AvgIpc) is 2.74. The molecule has 1 aromatic carbocycles. The van der Waals surface area contributed by atoms with E-state index in [4.69, 9.17) is 29.0 Å². The molecule has 0 aliphatic heterocycles. The molecule has 0 aliphatic rings. The Bertz CT molecular complexity index is 642. The summed E-state index contributed by atoms with van der Waals surface area (Å²) in [6.45, 7) is 4.72. The van der Waals surface area contributed by atoms with Gasteiger partial charge in [-0.3, -0.25) is 16.0 Å². The lowest BCUT2D eigenvalue weighted by Gasteiger charge is -2.19. The van der Waals surface area contributed by atoms with Gasteiger partial charge in [-0.1, -0.05) is 23.2 Å². The number of nitrogens with one attached hydrogen (secondary N) is 1. The first-order valence-corrected chi connectivity index (χ1v) is 8.44. The number of nitrogens with zero attached hydrogens (tertiary/aromatic N) is 2. The van der Waals surface area contributed by atoms with Crippen LogP contribution in [0.4, 0.5) is 0 Å². The topological polar surface area (TPSA) is 55.9 Å². The number of aryl methyl sites for hydroxylation is 2. The summed E-state index contributed by atoms with van der Waals surface area (Å²) in [5, 5.41) is 5.83. The van der Waals surface area contributed by atoms with E-state index in [-0.39, 0.29) is 6.04 Å². The molecule has 4 nitrogen and oxygen atoms in total. The molecule has 0 radical (unpaired) electrons. The second-order valence-electron chi connectivity index (χ2n) is 4.75. The van der Waals surface area contributed by atoms with Gasteiger partial charge >= 0.3 is 0 Å². The molecule has 2 rings (SSSR count). The third kappa shape index (κ3) is 3.71. The molecule has 1 heterocycles. The summed E-state index contributed by atoms with van der Waals surface area (Å²) < 4.78 is 3.02. The second kappa shape index (κ2) is 7.28. The summed E-state index contributed by atoms with van der Waals surface area (Å²) in [6.07, 6.45) is 0.653. The minimum Gasteiger partial charge on any atom is -0.271 e. The van der Waals surface area contributed by atoms with Gasteiger partial charge in [-0.15, -0.1) is 0 Å². The molecule has 0 saturated heterocycles. The van der Waals surface area contributed by atoms with Crippen molar-refractivity contribution in [3.8, 4) is 0 Å². The number of aromatic nitrogens is 2. The highest BCUT2D eigenvalue weighted by atomic mass is 127. The zero-order chi connectivity index (χ0) is 15.6. The van der Waals surface area contributed by atoms with Gasteiger partial charge in [0.2, 0.25) is 0 Å². The van der Waals surface area contributed by atoms with E-state index in [1.807, 2.05) is 36.7 Å². The Morgan fingerprint density at radius 2 is 2.14 bits per heavy atom. The van der Waals surface area contributed by atoms with Crippen molar-refractivity contribution >= 4 is 45.8 Å². The van der Waals surface area contributed by atoms with E-state index in [1.54, 1.807) is 0 Å². The van der Waals surface area contributed by atoms with Crippen LogP contribution in [0.2, 0.25) is 10.0 Å². The Hall–Kier alpha value is -0.340. The van der Waals surface area contributed by atoms with E-state index in [1.165, 1.54) is 0 Å². The molecule has 3 N–H and O–H groups in total. The summed E-state index contributed by atoms with van der Waals surface area (Å²) in [7, 11) is 0. The molecule has 114 valence electrons. The van der Waals surface area contributed by atoms with Crippen LogP contribution in [-0.2, 0) is 13.0 Å². The van der Waals surface area contributed by atoms with Crippen LogP contribution in [0.5, 0.6) is 0 Å². The molecule has 0 amide bonds. The van der Waals surface area contributed by atoms with Crippen molar-refractivity contribution in [2.45, 2.75) is 32.9 Å². The lowest BCUT2D eigenvalue weighted by molar-refractivity contribution is 0.515. The van der Waals surface area contributed by atoms with Crippen molar-refractivity contribution in [1.82, 2.24) is 15.2 Å². The van der Waals surface area contributed by atoms with Gasteiger partial charge in [0.05, 0.1) is 22.5 Å². The van der Waals surface area contributed by atoms with E-state index in [9.17, 15) is 0 Å². The van der Waals surface area contributed by atoms with Crippen molar-refractivity contribution in [2.75, 3.05) is 0 Å². The predicted octanol–water partition coefficient (Wildman–Crippen LogP) is 3.87. The van der Waals surface area contributed by atoms with Crippen molar-refractivity contribution in [3.63, 3.8) is 0 Å². The Balaban J connectivity index is 2.38. The maximum atomic E-state index is 6.37. The first kappa shape index (κ1) is 17.0. The lowest BCUT2D eigenvalue weighted by atomic mass is 10.0. The Morgan fingerprint density at radius 1 is 1.43 bits per heavy atom. The van der Waals surface area contributed by atoms with Gasteiger partial charge in [-0.2, -0.15) is 5.10 Å². The molecule has 7 heteroatoms. The highest BCUT2D eigenvalue weighted by Gasteiger charge is 2.20. The second-order valence-corrected chi connectivity index (χ2v) is 6.73. The van der Waals surface area contributed by atoms with Gasteiger partial charge in [0, 0.05) is 21.6 Å². The average molecular weight is 439 g/mol. The summed E-state index contributed by atoms with van der Waals surface area (Å²) in [5.41, 5.74) is 5.74. The third-order valence-electron chi connectivity index (χ3n) is 3.38. The molecule has 0 saturated carbocycles. The number of rotatable bonds is 5. The normalized spacial score (nSPS) is 12.7. The number of nitrogens with two attached hydrogens (primary N) is 1. The Kier molecular flexibility index (Phi) is 5.90. The number of hydrazine groups is 1. The maximum Gasteiger partial charge on any atom is 0.0847 e. The van der Waals surface area contributed by atoms with E-state index in [0.717, 1.165) is 27.1 Å². The van der Waals surface area contributed by atoms with Crippen LogP contribution in [0.3, 0.4) is 0 Å². The molecule has 0 bridgehead atoms. The zero-order valence-corrected chi connectivity index (χ0v) is 15.5. The fourth-order valence-corrected chi connectivity index (χ4v) is 3.40. The number of benzene rings is 1. The fraction of sp³-hybridized carbons (Fsp3) is 0.357. The highest BCUT2D eigenvalue weighted by Crippen LogP contribution is 2.29. The van der Waals surface area contributed by atoms with Gasteiger partial charge in [-0.05, 0) is 60.2 Å². The quantitative estimate of drug-likeness (QED) is 0.423. The van der Waals surface area contributed by atoms with Gasteiger partial charge in [-0.25, -0.2) is 0 Å². The van der Waals surface area contributed by atoms with Crippen LogP contribution >= 0.6 is 45.8 Å². The standard InChI is InChI=1S/C14H17Cl2IN4/c1-3-21-13(14(16)8(2)20-21)7-12(19-18)10-6-9(15)4-5-11(10)17/h4-6,12,19H,3,7,18H2,1-2H3. The molecule has 0 aliphatic carbocycles. The van der Waals surface area contributed by atoms with E-state index < -0.39 is 0 Å². The van der Waals surface area contributed by atoms with Crippen LogP contribution in [0.1, 0.15) is 29.9 Å². The smallest absolute Gasteiger partial charge is 0.0847 e. The monoisotopic (exact) mass is 438 g/mol. The minimum absolute atomic E-state index is 0.0745. The van der Waals surface area contributed by atoms with Crippen molar-refractivity contribution in [2.24, 2.45) is 5.84 Å². The van der Waals surface area contributed by atoms with Gasteiger partial charge < -0.3 is 0 Å². The molecule has 2 aromatic rings. The summed E-state index contributed by atoms with van der Waals surface area (Å²) in [5.74, 6) is 5.75.